The zero-order valence-electron chi connectivity index (χ0n) is 9.63. The number of rotatable bonds is 4. The van der Waals surface area contributed by atoms with Crippen LogP contribution in [0.4, 0.5) is 0 Å². The molecule has 0 spiro atoms. The van der Waals surface area contributed by atoms with Crippen molar-refractivity contribution in [3.05, 3.63) is 42.0 Å². The summed E-state index contributed by atoms with van der Waals surface area (Å²) in [6, 6.07) is 4.02. The van der Waals surface area contributed by atoms with Crippen LogP contribution in [0.5, 0.6) is 11.8 Å². The predicted octanol–water partition coefficient (Wildman–Crippen LogP) is 1.47. The van der Waals surface area contributed by atoms with Crippen molar-refractivity contribution in [2.24, 2.45) is 5.73 Å². The molecule has 0 fully saturated rings. The standard InChI is InChI=1S/C12H14N4O/c1-9-2-3-11(8-14-9)17-12-15-6-10(4-5-13)7-16-12/h2-3,6-8H,4-5,13H2,1H3. The topological polar surface area (TPSA) is 73.9 Å². The van der Waals surface area contributed by atoms with Gasteiger partial charge in [-0.1, -0.05) is 0 Å². The molecule has 0 saturated heterocycles. The first kappa shape index (κ1) is 11.5. The zero-order valence-corrected chi connectivity index (χ0v) is 9.63. The number of hydrogen-bond donors (Lipinski definition) is 1. The summed E-state index contributed by atoms with van der Waals surface area (Å²) >= 11 is 0. The lowest BCUT2D eigenvalue weighted by atomic mass is 10.2. The van der Waals surface area contributed by atoms with Gasteiger partial charge in [0, 0.05) is 18.1 Å². The van der Waals surface area contributed by atoms with Gasteiger partial charge in [0.25, 0.3) is 0 Å². The first-order valence-electron chi connectivity index (χ1n) is 5.39. The third-order valence-electron chi connectivity index (χ3n) is 2.21. The van der Waals surface area contributed by atoms with Gasteiger partial charge in [0.15, 0.2) is 0 Å². The van der Waals surface area contributed by atoms with E-state index in [1.54, 1.807) is 18.6 Å². The highest BCUT2D eigenvalue weighted by molar-refractivity contribution is 5.22. The lowest BCUT2D eigenvalue weighted by Crippen LogP contribution is -2.03. The van der Waals surface area contributed by atoms with Gasteiger partial charge in [0.2, 0.25) is 0 Å². The quantitative estimate of drug-likeness (QED) is 0.861. The van der Waals surface area contributed by atoms with E-state index >= 15 is 0 Å². The van der Waals surface area contributed by atoms with Gasteiger partial charge >= 0.3 is 6.01 Å². The van der Waals surface area contributed by atoms with Crippen molar-refractivity contribution in [2.75, 3.05) is 6.54 Å². The molecule has 0 amide bonds. The van der Waals surface area contributed by atoms with Gasteiger partial charge in [0.1, 0.15) is 5.75 Å². The van der Waals surface area contributed by atoms with E-state index < -0.39 is 0 Å². The maximum Gasteiger partial charge on any atom is 0.321 e. The van der Waals surface area contributed by atoms with Gasteiger partial charge in [-0.15, -0.1) is 0 Å². The second kappa shape index (κ2) is 5.36. The van der Waals surface area contributed by atoms with Crippen molar-refractivity contribution >= 4 is 0 Å². The number of hydrogen-bond acceptors (Lipinski definition) is 5. The highest BCUT2D eigenvalue weighted by Gasteiger charge is 2.00. The van der Waals surface area contributed by atoms with E-state index in [-0.39, 0.29) is 0 Å². The Morgan fingerprint density at radius 3 is 2.47 bits per heavy atom. The van der Waals surface area contributed by atoms with Crippen molar-refractivity contribution in [1.29, 1.82) is 0 Å². The molecule has 0 saturated carbocycles. The Labute approximate surface area is 99.7 Å². The molecule has 0 aromatic carbocycles. The fraction of sp³-hybridized carbons (Fsp3) is 0.250. The summed E-state index contributed by atoms with van der Waals surface area (Å²) in [5.74, 6) is 0.627. The Morgan fingerprint density at radius 1 is 1.12 bits per heavy atom. The molecule has 17 heavy (non-hydrogen) atoms. The summed E-state index contributed by atoms with van der Waals surface area (Å²) in [4.78, 5) is 12.3. The third-order valence-corrected chi connectivity index (χ3v) is 2.21. The van der Waals surface area contributed by atoms with Gasteiger partial charge in [0.05, 0.1) is 6.20 Å². The van der Waals surface area contributed by atoms with Gasteiger partial charge in [-0.05, 0) is 37.6 Å². The monoisotopic (exact) mass is 230 g/mol. The Balaban J connectivity index is 2.05. The number of nitrogens with zero attached hydrogens (tertiary/aromatic N) is 3. The summed E-state index contributed by atoms with van der Waals surface area (Å²) < 4.78 is 5.45. The lowest BCUT2D eigenvalue weighted by molar-refractivity contribution is 0.439. The van der Waals surface area contributed by atoms with Crippen LogP contribution < -0.4 is 10.5 Å². The van der Waals surface area contributed by atoms with Crippen molar-refractivity contribution in [2.45, 2.75) is 13.3 Å². The summed E-state index contributed by atoms with van der Waals surface area (Å²) in [6.45, 7) is 2.51. The number of aryl methyl sites for hydroxylation is 1. The summed E-state index contributed by atoms with van der Waals surface area (Å²) in [5, 5.41) is 0. The van der Waals surface area contributed by atoms with Crippen molar-refractivity contribution < 1.29 is 4.74 Å². The molecular formula is C12H14N4O. The van der Waals surface area contributed by atoms with E-state index in [1.807, 2.05) is 19.1 Å². The maximum absolute atomic E-state index is 5.45. The van der Waals surface area contributed by atoms with Crippen LogP contribution in [-0.4, -0.2) is 21.5 Å². The average Bonchev–Trinajstić information content (AvgIpc) is 2.35. The first-order valence-corrected chi connectivity index (χ1v) is 5.39. The lowest BCUT2D eigenvalue weighted by Gasteiger charge is -2.03. The Hall–Kier alpha value is -2.01. The number of aromatic nitrogens is 3. The molecular weight excluding hydrogens is 216 g/mol. The van der Waals surface area contributed by atoms with Crippen LogP contribution in [0, 0.1) is 6.92 Å². The van der Waals surface area contributed by atoms with Crippen LogP contribution >= 0.6 is 0 Å². The Morgan fingerprint density at radius 2 is 1.88 bits per heavy atom. The summed E-state index contributed by atoms with van der Waals surface area (Å²) in [7, 11) is 0. The highest BCUT2D eigenvalue weighted by atomic mass is 16.5. The molecule has 0 unspecified atom stereocenters. The molecule has 5 heteroatoms. The van der Waals surface area contributed by atoms with Crippen molar-refractivity contribution in [3.8, 4) is 11.8 Å². The molecule has 0 atom stereocenters. The van der Waals surface area contributed by atoms with Gasteiger partial charge < -0.3 is 10.5 Å². The van der Waals surface area contributed by atoms with Crippen LogP contribution in [-0.2, 0) is 6.42 Å². The Kier molecular flexibility index (Phi) is 3.62. The number of ether oxygens (including phenoxy) is 1. The van der Waals surface area contributed by atoms with Crippen LogP contribution in [0.3, 0.4) is 0 Å². The fourth-order valence-electron chi connectivity index (χ4n) is 1.31. The van der Waals surface area contributed by atoms with Crippen LogP contribution in [0.2, 0.25) is 0 Å². The Bertz CT molecular complexity index is 467. The minimum absolute atomic E-state index is 0.316. The molecule has 2 aromatic rings. The van der Waals surface area contributed by atoms with Crippen molar-refractivity contribution in [3.63, 3.8) is 0 Å². The van der Waals surface area contributed by atoms with E-state index in [9.17, 15) is 0 Å². The van der Waals surface area contributed by atoms with Gasteiger partial charge in [-0.25, -0.2) is 9.97 Å². The summed E-state index contributed by atoms with van der Waals surface area (Å²) in [6.07, 6.45) is 5.85. The molecule has 2 N–H and O–H groups in total. The third kappa shape index (κ3) is 3.22. The molecule has 0 radical (unpaired) electrons. The first-order chi connectivity index (χ1) is 8.28. The van der Waals surface area contributed by atoms with E-state index in [1.165, 1.54) is 0 Å². The van der Waals surface area contributed by atoms with Crippen LogP contribution in [0.25, 0.3) is 0 Å². The molecule has 2 heterocycles. The molecule has 5 nitrogen and oxygen atoms in total. The maximum atomic E-state index is 5.45. The largest absolute Gasteiger partial charge is 0.423 e. The molecule has 0 aliphatic carbocycles. The van der Waals surface area contributed by atoms with Crippen molar-refractivity contribution in [1.82, 2.24) is 15.0 Å². The fourth-order valence-corrected chi connectivity index (χ4v) is 1.31. The smallest absolute Gasteiger partial charge is 0.321 e. The molecule has 88 valence electrons. The average molecular weight is 230 g/mol. The SMILES string of the molecule is Cc1ccc(Oc2ncc(CCN)cn2)cn1. The number of pyridine rings is 1. The van der Waals surface area contributed by atoms with E-state index in [4.69, 9.17) is 10.5 Å². The minimum atomic E-state index is 0.316. The highest BCUT2D eigenvalue weighted by Crippen LogP contribution is 2.15. The van der Waals surface area contributed by atoms with E-state index in [0.29, 0.717) is 18.3 Å². The van der Waals surface area contributed by atoms with Crippen LogP contribution in [0.15, 0.2) is 30.7 Å². The molecule has 0 aliphatic heterocycles. The van der Waals surface area contributed by atoms with E-state index in [2.05, 4.69) is 15.0 Å². The second-order valence-electron chi connectivity index (χ2n) is 3.65. The van der Waals surface area contributed by atoms with Crippen LogP contribution in [0.1, 0.15) is 11.3 Å². The zero-order chi connectivity index (χ0) is 12.1. The molecule has 2 aromatic heterocycles. The molecule has 0 bridgehead atoms. The number of nitrogens with two attached hydrogens (primary N) is 1. The van der Waals surface area contributed by atoms with E-state index in [0.717, 1.165) is 17.7 Å². The molecule has 2 rings (SSSR count). The normalized spacial score (nSPS) is 10.2. The minimum Gasteiger partial charge on any atom is -0.423 e. The van der Waals surface area contributed by atoms with Gasteiger partial charge in [-0.2, -0.15) is 0 Å². The van der Waals surface area contributed by atoms with Gasteiger partial charge in [-0.3, -0.25) is 4.98 Å². The summed E-state index contributed by atoms with van der Waals surface area (Å²) in [5.41, 5.74) is 7.38. The second-order valence-corrected chi connectivity index (χ2v) is 3.65. The predicted molar refractivity (Wildman–Crippen MR) is 63.8 cm³/mol. The molecule has 0 aliphatic rings.